The second-order valence-electron chi connectivity index (χ2n) is 8.11. The standard InChI is InChI=1S/C22H18F2N4O3S.C2HF3O2/c23-21(24)15(9-25)8-20-26-27-22(29)28(20)10-16-6-14-5-12(2-4-19(14)32-16)13-1-3-17-18(7-13)31-11-30-17;3-2(4,5)1(6)7/h1-7H,8-11,25H2,(H,27,29);(H,6,7). The maximum Gasteiger partial charge on any atom is 0.490 e. The van der Waals surface area contributed by atoms with Crippen LogP contribution in [0.3, 0.4) is 0 Å². The van der Waals surface area contributed by atoms with Gasteiger partial charge < -0.3 is 20.3 Å². The van der Waals surface area contributed by atoms with Crippen molar-refractivity contribution in [3.63, 3.8) is 0 Å². The Balaban J connectivity index is 0.000000448. The zero-order chi connectivity index (χ0) is 28.3. The molecule has 15 heteroatoms. The molecule has 5 rings (SSSR count). The van der Waals surface area contributed by atoms with Gasteiger partial charge in [0, 0.05) is 28.1 Å². The summed E-state index contributed by atoms with van der Waals surface area (Å²) in [6, 6.07) is 13.9. The molecule has 0 saturated heterocycles. The van der Waals surface area contributed by atoms with Crippen LogP contribution in [0, 0.1) is 0 Å². The van der Waals surface area contributed by atoms with E-state index in [0.29, 0.717) is 0 Å². The van der Waals surface area contributed by atoms with Crippen LogP contribution in [0.1, 0.15) is 10.7 Å². The number of carbonyl (C=O) groups is 1. The summed E-state index contributed by atoms with van der Waals surface area (Å²) in [5.41, 5.74) is 6.74. The number of thiophene rings is 1. The van der Waals surface area contributed by atoms with Crippen molar-refractivity contribution in [2.45, 2.75) is 19.1 Å². The van der Waals surface area contributed by atoms with Crippen LogP contribution in [-0.2, 0) is 17.8 Å². The van der Waals surface area contributed by atoms with Gasteiger partial charge in [-0.25, -0.2) is 14.7 Å². The number of halogens is 5. The second kappa shape index (κ2) is 11.2. The fourth-order valence-corrected chi connectivity index (χ4v) is 4.68. The van der Waals surface area contributed by atoms with Gasteiger partial charge in [-0.15, -0.1) is 11.3 Å². The van der Waals surface area contributed by atoms with Crippen molar-refractivity contribution in [1.29, 1.82) is 0 Å². The van der Waals surface area contributed by atoms with Gasteiger partial charge in [0.15, 0.2) is 11.5 Å². The number of fused-ring (bicyclic) bond motifs is 2. The Labute approximate surface area is 219 Å². The SMILES string of the molecule is NCC(Cc1n[nH]c(=O)n1Cc1cc2cc(-c3ccc4c(c3)OCO4)ccc2s1)=C(F)F.O=C(O)C(F)(F)F. The smallest absolute Gasteiger partial charge is 0.475 e. The minimum absolute atomic E-state index is 0.184. The Hall–Kier alpha value is -4.24. The quantitative estimate of drug-likeness (QED) is 0.291. The van der Waals surface area contributed by atoms with Gasteiger partial charge in [0.25, 0.3) is 6.08 Å². The van der Waals surface area contributed by atoms with Crippen LogP contribution in [0.25, 0.3) is 21.2 Å². The van der Waals surface area contributed by atoms with Gasteiger partial charge in [0.2, 0.25) is 6.79 Å². The van der Waals surface area contributed by atoms with E-state index in [4.69, 9.17) is 25.1 Å². The molecule has 2 aromatic heterocycles. The molecule has 0 bridgehead atoms. The van der Waals surface area contributed by atoms with E-state index in [9.17, 15) is 26.7 Å². The second-order valence-corrected chi connectivity index (χ2v) is 9.28. The number of nitrogens with zero attached hydrogens (tertiary/aromatic N) is 2. The molecule has 4 N–H and O–H groups in total. The van der Waals surface area contributed by atoms with Gasteiger partial charge in [-0.3, -0.25) is 4.57 Å². The molecule has 1 aliphatic heterocycles. The van der Waals surface area contributed by atoms with Crippen molar-refractivity contribution < 1.29 is 41.3 Å². The number of hydrogen-bond acceptors (Lipinski definition) is 7. The first-order chi connectivity index (χ1) is 18.5. The van der Waals surface area contributed by atoms with Crippen molar-refractivity contribution in [3.05, 3.63) is 75.3 Å². The predicted molar refractivity (Wildman–Crippen MR) is 131 cm³/mol. The lowest BCUT2D eigenvalue weighted by Gasteiger charge is -2.05. The van der Waals surface area contributed by atoms with Gasteiger partial charge in [-0.2, -0.15) is 27.1 Å². The highest BCUT2D eigenvalue weighted by atomic mass is 32.1. The van der Waals surface area contributed by atoms with E-state index in [1.165, 1.54) is 15.9 Å². The minimum Gasteiger partial charge on any atom is -0.475 e. The maximum absolute atomic E-state index is 13.0. The molecule has 206 valence electrons. The first kappa shape index (κ1) is 27.8. The van der Waals surface area contributed by atoms with E-state index in [0.717, 1.165) is 37.6 Å². The van der Waals surface area contributed by atoms with E-state index in [1.54, 1.807) is 0 Å². The first-order valence-corrected chi connectivity index (χ1v) is 11.9. The fourth-order valence-electron chi connectivity index (χ4n) is 3.64. The highest BCUT2D eigenvalue weighted by Gasteiger charge is 2.38. The Morgan fingerprint density at radius 1 is 1.10 bits per heavy atom. The van der Waals surface area contributed by atoms with Crippen molar-refractivity contribution in [3.8, 4) is 22.6 Å². The third kappa shape index (κ3) is 6.43. The summed E-state index contributed by atoms with van der Waals surface area (Å²) in [7, 11) is 0. The number of alkyl halides is 3. The van der Waals surface area contributed by atoms with Gasteiger partial charge in [0.05, 0.1) is 6.54 Å². The van der Waals surface area contributed by atoms with Gasteiger partial charge in [-0.05, 0) is 46.8 Å². The van der Waals surface area contributed by atoms with Crippen LogP contribution in [0.5, 0.6) is 11.5 Å². The van der Waals surface area contributed by atoms with Gasteiger partial charge >= 0.3 is 17.8 Å². The molecule has 0 unspecified atom stereocenters. The van der Waals surface area contributed by atoms with E-state index >= 15 is 0 Å². The molecule has 0 amide bonds. The lowest BCUT2D eigenvalue weighted by molar-refractivity contribution is -0.192. The molecule has 9 nitrogen and oxygen atoms in total. The van der Waals surface area contributed by atoms with E-state index in [1.807, 2.05) is 36.4 Å². The summed E-state index contributed by atoms with van der Waals surface area (Å²) in [4.78, 5) is 22.0. The highest BCUT2D eigenvalue weighted by Crippen LogP contribution is 2.37. The summed E-state index contributed by atoms with van der Waals surface area (Å²) < 4.78 is 71.0. The summed E-state index contributed by atoms with van der Waals surface area (Å²) in [6.07, 6.45) is -7.11. The summed E-state index contributed by atoms with van der Waals surface area (Å²) >= 11 is 1.54. The third-order valence-electron chi connectivity index (χ3n) is 5.55. The molecular formula is C24H19F5N4O5S. The molecule has 0 radical (unpaired) electrons. The average Bonchev–Trinajstić information content (AvgIpc) is 3.60. The van der Waals surface area contributed by atoms with Crippen molar-refractivity contribution in [2.24, 2.45) is 5.73 Å². The predicted octanol–water partition coefficient (Wildman–Crippen LogP) is 4.52. The van der Waals surface area contributed by atoms with Crippen LogP contribution >= 0.6 is 11.3 Å². The zero-order valence-corrected chi connectivity index (χ0v) is 20.5. The van der Waals surface area contributed by atoms with Crippen LogP contribution < -0.4 is 20.9 Å². The third-order valence-corrected chi connectivity index (χ3v) is 6.65. The van der Waals surface area contributed by atoms with E-state index in [2.05, 4.69) is 16.3 Å². The van der Waals surface area contributed by atoms with Crippen molar-refractivity contribution in [2.75, 3.05) is 13.3 Å². The lowest BCUT2D eigenvalue weighted by Crippen LogP contribution is -2.21. The number of aromatic nitrogens is 3. The Bertz CT molecular complexity index is 1600. The van der Waals surface area contributed by atoms with Crippen LogP contribution in [0.2, 0.25) is 0 Å². The average molecular weight is 570 g/mol. The molecule has 3 heterocycles. The fraction of sp³-hybridized carbons (Fsp3) is 0.208. The number of carboxylic acids is 1. The highest BCUT2D eigenvalue weighted by molar-refractivity contribution is 7.19. The van der Waals surface area contributed by atoms with Gasteiger partial charge in [0.1, 0.15) is 5.82 Å². The number of aromatic amines is 1. The van der Waals surface area contributed by atoms with Crippen molar-refractivity contribution in [1.82, 2.24) is 14.8 Å². The number of benzene rings is 2. The summed E-state index contributed by atoms with van der Waals surface area (Å²) in [5, 5.41) is 14.4. The minimum atomic E-state index is -5.08. The van der Waals surface area contributed by atoms with Crippen LogP contribution in [0.15, 0.2) is 58.9 Å². The molecule has 0 atom stereocenters. The van der Waals surface area contributed by atoms with Crippen LogP contribution in [0.4, 0.5) is 22.0 Å². The van der Waals surface area contributed by atoms with Gasteiger partial charge in [-0.1, -0.05) is 12.1 Å². The number of hydrogen-bond donors (Lipinski definition) is 3. The molecule has 39 heavy (non-hydrogen) atoms. The number of aliphatic carboxylic acids is 1. The number of H-pyrrole nitrogens is 1. The molecule has 0 aliphatic carbocycles. The van der Waals surface area contributed by atoms with Crippen molar-refractivity contribution >= 4 is 27.4 Å². The molecule has 2 aromatic carbocycles. The Morgan fingerprint density at radius 3 is 2.44 bits per heavy atom. The molecule has 1 aliphatic rings. The number of ether oxygens (including phenoxy) is 2. The molecule has 0 saturated carbocycles. The number of carboxylic acid groups (broad SMARTS) is 1. The van der Waals surface area contributed by atoms with Crippen LogP contribution in [-0.4, -0.2) is 45.4 Å². The lowest BCUT2D eigenvalue weighted by atomic mass is 10.0. The normalized spacial score (nSPS) is 12.3. The zero-order valence-electron chi connectivity index (χ0n) is 19.7. The van der Waals surface area contributed by atoms with E-state index < -0.39 is 23.9 Å². The Morgan fingerprint density at radius 2 is 1.77 bits per heavy atom. The number of rotatable bonds is 6. The molecule has 0 spiro atoms. The number of nitrogens with one attached hydrogen (secondary N) is 1. The molecular weight excluding hydrogens is 551 g/mol. The summed E-state index contributed by atoms with van der Waals surface area (Å²) in [6.45, 7) is 0.158. The molecule has 4 aromatic rings. The number of nitrogens with two attached hydrogens (primary N) is 1. The Kier molecular flexibility index (Phi) is 8.01. The molecule has 0 fully saturated rings. The monoisotopic (exact) mass is 570 g/mol. The summed E-state index contributed by atoms with van der Waals surface area (Å²) in [5.74, 6) is -1.08. The topological polar surface area (TPSA) is 132 Å². The largest absolute Gasteiger partial charge is 0.490 e. The first-order valence-electron chi connectivity index (χ1n) is 11.1. The maximum atomic E-state index is 13.0. The van der Waals surface area contributed by atoms with E-state index in [-0.39, 0.29) is 37.7 Å².